The van der Waals surface area contributed by atoms with E-state index in [1.807, 2.05) is 0 Å². The molecule has 2 fully saturated rings. The summed E-state index contributed by atoms with van der Waals surface area (Å²) in [5, 5.41) is 13.5. The van der Waals surface area contributed by atoms with E-state index in [1.54, 1.807) is 6.07 Å². The van der Waals surface area contributed by atoms with Crippen LogP contribution in [-0.2, 0) is 19.4 Å². The molecule has 140 valence electrons. The number of carbonyl (C=O) groups is 3. The Morgan fingerprint density at radius 2 is 2.04 bits per heavy atom. The van der Waals surface area contributed by atoms with Gasteiger partial charge in [0.15, 0.2) is 9.84 Å². The minimum absolute atomic E-state index is 0.00234. The predicted octanol–water partition coefficient (Wildman–Crippen LogP) is 0.897. The summed E-state index contributed by atoms with van der Waals surface area (Å²) in [5.41, 5.74) is 0.344. The van der Waals surface area contributed by atoms with Crippen molar-refractivity contribution in [2.24, 2.45) is 5.92 Å². The molecule has 2 aliphatic rings. The molecule has 9 nitrogen and oxygen atoms in total. The summed E-state index contributed by atoms with van der Waals surface area (Å²) < 4.78 is 26.2. The third-order valence-corrected chi connectivity index (χ3v) is 6.96. The molecule has 1 aromatic carbocycles. The van der Waals surface area contributed by atoms with Crippen molar-refractivity contribution in [1.82, 2.24) is 10.4 Å². The summed E-state index contributed by atoms with van der Waals surface area (Å²) in [4.78, 5) is 35.1. The van der Waals surface area contributed by atoms with Gasteiger partial charge in [0.1, 0.15) is 0 Å². The number of rotatable bonds is 3. The Morgan fingerprint density at radius 1 is 1.31 bits per heavy atom. The van der Waals surface area contributed by atoms with Gasteiger partial charge in [-0.3, -0.25) is 14.8 Å². The van der Waals surface area contributed by atoms with E-state index in [4.69, 9.17) is 0 Å². The average molecular weight is 381 g/mol. The molecule has 1 heterocycles. The number of benzene rings is 1. The first kappa shape index (κ1) is 18.3. The Kier molecular flexibility index (Phi) is 4.72. The molecule has 0 bridgehead atoms. The van der Waals surface area contributed by atoms with Crippen molar-refractivity contribution in [3.8, 4) is 0 Å². The second kappa shape index (κ2) is 6.69. The zero-order valence-corrected chi connectivity index (χ0v) is 14.8. The number of hydroxylamine groups is 2. The molecule has 0 spiro atoms. The lowest BCUT2D eigenvalue weighted by Gasteiger charge is -2.41. The maximum atomic E-state index is 13.1. The summed E-state index contributed by atoms with van der Waals surface area (Å²) in [7, 11) is -3.87. The van der Waals surface area contributed by atoms with Gasteiger partial charge in [0.05, 0.1) is 22.1 Å². The van der Waals surface area contributed by atoms with E-state index in [0.717, 1.165) is 0 Å². The van der Waals surface area contributed by atoms with Crippen molar-refractivity contribution in [2.75, 3.05) is 5.32 Å². The third kappa shape index (κ3) is 3.17. The SMILES string of the molecule is CC(=O)Nc1cccc(S(=O)(=O)C2CCCC3C(=O)N(O)C(=O)NC32)c1. The molecule has 1 saturated carbocycles. The molecule has 3 atom stereocenters. The molecule has 26 heavy (non-hydrogen) atoms. The van der Waals surface area contributed by atoms with Gasteiger partial charge in [0.25, 0.3) is 5.91 Å². The first-order valence-electron chi connectivity index (χ1n) is 8.16. The molecule has 0 radical (unpaired) electrons. The summed E-state index contributed by atoms with van der Waals surface area (Å²) in [6.07, 6.45) is 1.15. The summed E-state index contributed by atoms with van der Waals surface area (Å²) in [6, 6.07) is 3.92. The Hall–Kier alpha value is -2.46. The van der Waals surface area contributed by atoms with E-state index in [-0.39, 0.29) is 22.3 Å². The quantitative estimate of drug-likeness (QED) is 0.666. The molecule has 1 aliphatic heterocycles. The number of hydrogen-bond acceptors (Lipinski definition) is 6. The van der Waals surface area contributed by atoms with Crippen molar-refractivity contribution in [2.45, 2.75) is 42.4 Å². The van der Waals surface area contributed by atoms with Gasteiger partial charge in [0.2, 0.25) is 5.91 Å². The van der Waals surface area contributed by atoms with Gasteiger partial charge in [0, 0.05) is 12.6 Å². The number of fused-ring (bicyclic) bond motifs is 1. The maximum absolute atomic E-state index is 13.1. The van der Waals surface area contributed by atoms with Gasteiger partial charge in [-0.05, 0) is 31.0 Å². The van der Waals surface area contributed by atoms with Crippen molar-refractivity contribution in [3.05, 3.63) is 24.3 Å². The van der Waals surface area contributed by atoms with Crippen LogP contribution in [0, 0.1) is 5.92 Å². The molecule has 4 amide bonds. The zero-order valence-electron chi connectivity index (χ0n) is 14.0. The van der Waals surface area contributed by atoms with Crippen molar-refractivity contribution >= 4 is 33.4 Å². The molecule has 3 unspecified atom stereocenters. The number of nitrogens with zero attached hydrogens (tertiary/aromatic N) is 1. The van der Waals surface area contributed by atoms with Crippen LogP contribution in [0.15, 0.2) is 29.2 Å². The topological polar surface area (TPSA) is 133 Å². The Morgan fingerprint density at radius 3 is 2.73 bits per heavy atom. The fourth-order valence-corrected chi connectivity index (χ4v) is 5.60. The Balaban J connectivity index is 1.95. The van der Waals surface area contributed by atoms with Gasteiger partial charge in [-0.15, -0.1) is 5.06 Å². The fraction of sp³-hybridized carbons (Fsp3) is 0.438. The van der Waals surface area contributed by atoms with Crippen molar-refractivity contribution in [1.29, 1.82) is 0 Å². The number of nitrogens with one attached hydrogen (secondary N) is 2. The molecule has 1 aliphatic carbocycles. The second-order valence-corrected chi connectivity index (χ2v) is 8.62. The van der Waals surface area contributed by atoms with Crippen molar-refractivity contribution in [3.63, 3.8) is 0 Å². The molecular weight excluding hydrogens is 362 g/mol. The highest BCUT2D eigenvalue weighted by Gasteiger charge is 2.50. The van der Waals surface area contributed by atoms with Crippen LogP contribution < -0.4 is 10.6 Å². The van der Waals surface area contributed by atoms with Crippen LogP contribution in [0.2, 0.25) is 0 Å². The summed E-state index contributed by atoms with van der Waals surface area (Å²) in [6.45, 7) is 1.32. The Labute approximate surface area is 150 Å². The fourth-order valence-electron chi connectivity index (χ4n) is 3.57. The summed E-state index contributed by atoms with van der Waals surface area (Å²) >= 11 is 0. The summed E-state index contributed by atoms with van der Waals surface area (Å²) in [5.74, 6) is -1.90. The lowest BCUT2D eigenvalue weighted by atomic mass is 9.82. The van der Waals surface area contributed by atoms with E-state index in [2.05, 4.69) is 10.6 Å². The monoisotopic (exact) mass is 381 g/mol. The number of hydrogen-bond donors (Lipinski definition) is 3. The lowest BCUT2D eigenvalue weighted by molar-refractivity contribution is -0.163. The van der Waals surface area contributed by atoms with Crippen LogP contribution in [-0.4, -0.2) is 47.8 Å². The third-order valence-electron chi connectivity index (χ3n) is 4.73. The molecule has 0 aromatic heterocycles. The molecular formula is C16H19N3O6S. The average Bonchev–Trinajstić information content (AvgIpc) is 2.59. The number of anilines is 1. The molecule has 1 aromatic rings. The smallest absolute Gasteiger partial charge is 0.331 e. The lowest BCUT2D eigenvalue weighted by Crippen LogP contribution is -2.64. The number of amides is 4. The highest BCUT2D eigenvalue weighted by Crippen LogP contribution is 2.35. The van der Waals surface area contributed by atoms with E-state index < -0.39 is 39.0 Å². The second-order valence-electron chi connectivity index (χ2n) is 6.46. The van der Waals surface area contributed by atoms with Crippen LogP contribution >= 0.6 is 0 Å². The van der Waals surface area contributed by atoms with Crippen LogP contribution in [0.5, 0.6) is 0 Å². The van der Waals surface area contributed by atoms with E-state index in [1.165, 1.54) is 25.1 Å². The molecule has 3 N–H and O–H groups in total. The minimum Gasteiger partial charge on any atom is -0.331 e. The number of imide groups is 1. The van der Waals surface area contributed by atoms with Gasteiger partial charge in [-0.2, -0.15) is 0 Å². The largest absolute Gasteiger partial charge is 0.348 e. The first-order chi connectivity index (χ1) is 12.2. The molecule has 1 saturated heterocycles. The van der Waals surface area contributed by atoms with Gasteiger partial charge < -0.3 is 10.6 Å². The van der Waals surface area contributed by atoms with Gasteiger partial charge in [-0.25, -0.2) is 13.2 Å². The Bertz CT molecular complexity index is 868. The predicted molar refractivity (Wildman–Crippen MR) is 90.0 cm³/mol. The van der Waals surface area contributed by atoms with Gasteiger partial charge >= 0.3 is 6.03 Å². The van der Waals surface area contributed by atoms with E-state index in [0.29, 0.717) is 18.5 Å². The number of sulfone groups is 1. The van der Waals surface area contributed by atoms with Crippen LogP contribution in [0.1, 0.15) is 26.2 Å². The number of urea groups is 1. The highest BCUT2D eigenvalue weighted by molar-refractivity contribution is 7.92. The normalized spacial score (nSPS) is 26.1. The van der Waals surface area contributed by atoms with E-state index in [9.17, 15) is 28.0 Å². The zero-order chi connectivity index (χ0) is 19.1. The molecule has 3 rings (SSSR count). The van der Waals surface area contributed by atoms with Crippen LogP contribution in [0.3, 0.4) is 0 Å². The van der Waals surface area contributed by atoms with Gasteiger partial charge in [-0.1, -0.05) is 12.5 Å². The van der Waals surface area contributed by atoms with Crippen molar-refractivity contribution < 1.29 is 28.0 Å². The number of carbonyl (C=O) groups excluding carboxylic acids is 3. The van der Waals surface area contributed by atoms with Crippen LogP contribution in [0.25, 0.3) is 0 Å². The van der Waals surface area contributed by atoms with E-state index >= 15 is 0 Å². The molecule has 10 heteroatoms. The highest BCUT2D eigenvalue weighted by atomic mass is 32.2. The minimum atomic E-state index is -3.87. The standard InChI is InChI=1S/C16H19N3O6S/c1-9(20)17-10-4-2-5-11(8-10)26(24,25)13-7-3-6-12-14(13)18-16(22)19(23)15(12)21/h2,4-5,8,12-14,23H,3,6-7H2,1H3,(H,17,20)(H,18,22). The maximum Gasteiger partial charge on any atom is 0.348 e. The van der Waals surface area contributed by atoms with Crippen LogP contribution in [0.4, 0.5) is 10.5 Å². The first-order valence-corrected chi connectivity index (χ1v) is 9.71.